The van der Waals surface area contributed by atoms with E-state index in [9.17, 15) is 9.90 Å². The number of aromatic nitrogens is 2. The summed E-state index contributed by atoms with van der Waals surface area (Å²) in [6, 6.07) is 26.0. The minimum absolute atomic E-state index is 0.0540. The van der Waals surface area contributed by atoms with Crippen molar-refractivity contribution in [2.24, 2.45) is 5.41 Å². The summed E-state index contributed by atoms with van der Waals surface area (Å²) in [7, 11) is 0. The van der Waals surface area contributed by atoms with Gasteiger partial charge in [-0.15, -0.1) is 0 Å². The number of nitrogens with zero attached hydrogens (tertiary/aromatic N) is 3. The van der Waals surface area contributed by atoms with E-state index < -0.39 is 0 Å². The average Bonchev–Trinajstić information content (AvgIpc) is 3.29. The molecule has 2 heterocycles. The summed E-state index contributed by atoms with van der Waals surface area (Å²) in [6.45, 7) is 1.48. The topological polar surface area (TPSA) is 58.4 Å². The van der Waals surface area contributed by atoms with Gasteiger partial charge in [-0.1, -0.05) is 42.5 Å². The van der Waals surface area contributed by atoms with Crippen LogP contribution in [0.5, 0.6) is 0 Å². The zero-order valence-electron chi connectivity index (χ0n) is 18.0. The van der Waals surface area contributed by atoms with Gasteiger partial charge in [-0.25, -0.2) is 4.98 Å². The summed E-state index contributed by atoms with van der Waals surface area (Å²) in [5.41, 5.74) is 4.76. The van der Waals surface area contributed by atoms with E-state index in [0.717, 1.165) is 36.0 Å². The highest BCUT2D eigenvalue weighted by molar-refractivity contribution is 5.94. The Morgan fingerprint density at radius 2 is 1.59 bits per heavy atom. The number of hydrogen-bond donors (Lipinski definition) is 1. The SMILES string of the molecule is O=C(c1ccc(-n2cnc3ccccc32)cc1)N1CCC(CO)(Cc2ccccc2)CC1. The summed E-state index contributed by atoms with van der Waals surface area (Å²) in [5.74, 6) is 0.0540. The van der Waals surface area contributed by atoms with Gasteiger partial charge in [0.1, 0.15) is 6.33 Å². The van der Waals surface area contributed by atoms with Crippen LogP contribution < -0.4 is 0 Å². The first-order chi connectivity index (χ1) is 15.7. The molecule has 0 saturated carbocycles. The summed E-state index contributed by atoms with van der Waals surface area (Å²) in [5, 5.41) is 10.1. The number of likely N-dealkylation sites (tertiary alicyclic amines) is 1. The van der Waals surface area contributed by atoms with Gasteiger partial charge in [-0.2, -0.15) is 0 Å². The van der Waals surface area contributed by atoms with Gasteiger partial charge in [0.05, 0.1) is 11.0 Å². The summed E-state index contributed by atoms with van der Waals surface area (Å²) in [4.78, 5) is 19.5. The number of hydrogen-bond acceptors (Lipinski definition) is 3. The number of carbonyl (C=O) groups excluding carboxylic acids is 1. The average molecular weight is 426 g/mol. The second-order valence-corrected chi connectivity index (χ2v) is 8.76. The molecule has 0 radical (unpaired) electrons. The van der Waals surface area contributed by atoms with Crippen LogP contribution in [0.4, 0.5) is 0 Å². The maximum absolute atomic E-state index is 13.1. The minimum Gasteiger partial charge on any atom is -0.396 e. The van der Waals surface area contributed by atoms with E-state index in [1.165, 1.54) is 5.56 Å². The molecule has 3 aromatic carbocycles. The molecule has 162 valence electrons. The van der Waals surface area contributed by atoms with Crippen LogP contribution in [0, 0.1) is 5.41 Å². The molecule has 1 amide bonds. The van der Waals surface area contributed by atoms with Crippen LogP contribution in [-0.2, 0) is 6.42 Å². The van der Waals surface area contributed by atoms with Gasteiger partial charge in [0.25, 0.3) is 5.91 Å². The zero-order valence-corrected chi connectivity index (χ0v) is 18.0. The quantitative estimate of drug-likeness (QED) is 0.513. The van der Waals surface area contributed by atoms with Gasteiger partial charge in [0.15, 0.2) is 0 Å². The number of fused-ring (bicyclic) bond motifs is 1. The summed E-state index contributed by atoms with van der Waals surface area (Å²) >= 11 is 0. The van der Waals surface area contributed by atoms with Crippen LogP contribution in [0.2, 0.25) is 0 Å². The molecular weight excluding hydrogens is 398 g/mol. The fourth-order valence-corrected chi connectivity index (χ4v) is 4.72. The van der Waals surface area contributed by atoms with E-state index in [2.05, 4.69) is 17.1 Å². The van der Waals surface area contributed by atoms with Gasteiger partial charge >= 0.3 is 0 Å². The van der Waals surface area contributed by atoms with E-state index in [1.54, 1.807) is 0 Å². The number of aliphatic hydroxyl groups excluding tert-OH is 1. The molecule has 5 heteroatoms. The van der Waals surface area contributed by atoms with Gasteiger partial charge in [0.2, 0.25) is 0 Å². The molecule has 1 N–H and O–H groups in total. The van der Waals surface area contributed by atoms with Crippen LogP contribution in [0.3, 0.4) is 0 Å². The number of piperidine rings is 1. The van der Waals surface area contributed by atoms with Crippen LogP contribution in [0.25, 0.3) is 16.7 Å². The number of aliphatic hydroxyl groups is 1. The van der Waals surface area contributed by atoms with E-state index in [4.69, 9.17) is 0 Å². The van der Waals surface area contributed by atoms with Crippen molar-refractivity contribution < 1.29 is 9.90 Å². The number of rotatable bonds is 5. The Balaban J connectivity index is 1.27. The molecule has 1 saturated heterocycles. The molecule has 0 bridgehead atoms. The van der Waals surface area contributed by atoms with Crippen LogP contribution in [0.15, 0.2) is 85.2 Å². The van der Waals surface area contributed by atoms with Crippen molar-refractivity contribution in [2.45, 2.75) is 19.3 Å². The second kappa shape index (κ2) is 8.60. The first-order valence-electron chi connectivity index (χ1n) is 11.1. The third-order valence-corrected chi connectivity index (χ3v) is 6.71. The molecule has 4 aromatic rings. The second-order valence-electron chi connectivity index (χ2n) is 8.76. The van der Waals surface area contributed by atoms with E-state index in [1.807, 2.05) is 82.5 Å². The smallest absolute Gasteiger partial charge is 0.253 e. The maximum Gasteiger partial charge on any atom is 0.253 e. The van der Waals surface area contributed by atoms with Crippen LogP contribution in [-0.4, -0.2) is 45.2 Å². The fraction of sp³-hybridized carbons (Fsp3) is 0.259. The van der Waals surface area contributed by atoms with Crippen molar-refractivity contribution >= 4 is 16.9 Å². The Hall–Kier alpha value is -3.44. The number of carbonyl (C=O) groups is 1. The fourth-order valence-electron chi connectivity index (χ4n) is 4.72. The van der Waals surface area contributed by atoms with Crippen LogP contribution in [0.1, 0.15) is 28.8 Å². The van der Waals surface area contributed by atoms with Crippen molar-refractivity contribution in [3.8, 4) is 5.69 Å². The van der Waals surface area contributed by atoms with Gasteiger partial charge in [-0.05, 0) is 61.2 Å². The molecule has 0 spiro atoms. The third-order valence-electron chi connectivity index (χ3n) is 6.71. The van der Waals surface area contributed by atoms with Crippen LogP contribution >= 0.6 is 0 Å². The molecule has 5 rings (SSSR count). The predicted octanol–water partition coefficient (Wildman–Crippen LogP) is 4.48. The van der Waals surface area contributed by atoms with E-state index in [0.29, 0.717) is 18.7 Å². The van der Waals surface area contributed by atoms with Gasteiger partial charge < -0.3 is 10.0 Å². The summed E-state index contributed by atoms with van der Waals surface area (Å²) < 4.78 is 2.03. The molecule has 0 atom stereocenters. The highest BCUT2D eigenvalue weighted by atomic mass is 16.3. The predicted molar refractivity (Wildman–Crippen MR) is 126 cm³/mol. The lowest BCUT2D eigenvalue weighted by Crippen LogP contribution is -2.45. The van der Waals surface area contributed by atoms with Gasteiger partial charge in [0, 0.05) is 36.4 Å². The molecule has 0 unspecified atom stereocenters. The van der Waals surface area contributed by atoms with Crippen molar-refractivity contribution in [1.29, 1.82) is 0 Å². The minimum atomic E-state index is -0.148. The van der Waals surface area contributed by atoms with E-state index in [-0.39, 0.29) is 17.9 Å². The lowest BCUT2D eigenvalue weighted by atomic mass is 9.74. The van der Waals surface area contributed by atoms with E-state index >= 15 is 0 Å². The molecular formula is C27H27N3O2. The van der Waals surface area contributed by atoms with Crippen molar-refractivity contribution in [3.05, 3.63) is 96.3 Å². The monoisotopic (exact) mass is 425 g/mol. The largest absolute Gasteiger partial charge is 0.396 e. The standard InChI is InChI=1S/C27H27N3O2/c31-19-27(18-21-6-2-1-3-7-21)14-16-29(17-15-27)26(32)22-10-12-23(13-11-22)30-20-28-24-8-4-5-9-25(24)30/h1-13,20,31H,14-19H2. The Bertz CT molecular complexity index is 1210. The number of para-hydroxylation sites is 2. The third kappa shape index (κ3) is 3.92. The van der Waals surface area contributed by atoms with Crippen molar-refractivity contribution in [2.75, 3.05) is 19.7 Å². The lowest BCUT2D eigenvalue weighted by Gasteiger charge is -2.41. The zero-order chi connectivity index (χ0) is 22.0. The maximum atomic E-state index is 13.1. The Kier molecular flexibility index (Phi) is 5.50. The normalized spacial score (nSPS) is 15.7. The Morgan fingerprint density at radius 3 is 2.31 bits per heavy atom. The lowest BCUT2D eigenvalue weighted by molar-refractivity contribution is 0.0358. The molecule has 32 heavy (non-hydrogen) atoms. The number of amides is 1. The molecule has 1 aliphatic rings. The first-order valence-corrected chi connectivity index (χ1v) is 11.1. The highest BCUT2D eigenvalue weighted by Gasteiger charge is 2.35. The number of imidazole rings is 1. The van der Waals surface area contributed by atoms with Gasteiger partial charge in [-0.3, -0.25) is 9.36 Å². The Labute approximate surface area is 187 Å². The molecule has 1 aromatic heterocycles. The summed E-state index contributed by atoms with van der Waals surface area (Å²) in [6.07, 6.45) is 4.28. The molecule has 1 aliphatic heterocycles. The first kappa shape index (κ1) is 20.5. The molecule has 1 fully saturated rings. The Morgan fingerprint density at radius 1 is 0.906 bits per heavy atom. The molecule has 0 aliphatic carbocycles. The van der Waals surface area contributed by atoms with Crippen molar-refractivity contribution in [1.82, 2.24) is 14.5 Å². The number of benzene rings is 3. The highest BCUT2D eigenvalue weighted by Crippen LogP contribution is 2.35. The van der Waals surface area contributed by atoms with Crippen molar-refractivity contribution in [3.63, 3.8) is 0 Å². The molecule has 5 nitrogen and oxygen atoms in total.